The number of imide groups is 1. The standard InChI is InChI=1S/C17H19BrN2O5/c1-4-13(17(24)25-3)19(2)14(21)7-8-20-15(22)11-6-5-10(18)9-12(11)16(20)23/h5-6,9,13H,4,7-8H2,1-3H3/t13-/m1/s1. The average molecular weight is 411 g/mol. The van der Waals surface area contributed by atoms with E-state index in [9.17, 15) is 19.2 Å². The highest BCUT2D eigenvalue weighted by Crippen LogP contribution is 2.26. The molecule has 7 nitrogen and oxygen atoms in total. The zero-order valence-corrected chi connectivity index (χ0v) is 15.8. The summed E-state index contributed by atoms with van der Waals surface area (Å²) < 4.78 is 5.39. The van der Waals surface area contributed by atoms with Gasteiger partial charge in [-0.2, -0.15) is 0 Å². The maximum Gasteiger partial charge on any atom is 0.328 e. The van der Waals surface area contributed by atoms with Gasteiger partial charge in [0.25, 0.3) is 11.8 Å². The van der Waals surface area contributed by atoms with Crippen LogP contribution in [0.2, 0.25) is 0 Å². The van der Waals surface area contributed by atoms with Crippen LogP contribution in [0.25, 0.3) is 0 Å². The molecule has 1 atom stereocenters. The van der Waals surface area contributed by atoms with E-state index in [1.807, 2.05) is 0 Å². The molecule has 1 aromatic rings. The first-order valence-electron chi connectivity index (χ1n) is 7.81. The van der Waals surface area contributed by atoms with Gasteiger partial charge in [0.2, 0.25) is 5.91 Å². The third kappa shape index (κ3) is 3.73. The van der Waals surface area contributed by atoms with E-state index in [4.69, 9.17) is 0 Å². The molecule has 2 rings (SSSR count). The Hall–Kier alpha value is -2.22. The van der Waals surface area contributed by atoms with E-state index in [-0.39, 0.29) is 18.9 Å². The lowest BCUT2D eigenvalue weighted by Gasteiger charge is -2.25. The van der Waals surface area contributed by atoms with Crippen molar-refractivity contribution in [2.45, 2.75) is 25.8 Å². The highest BCUT2D eigenvalue weighted by atomic mass is 79.9. The number of amides is 3. The summed E-state index contributed by atoms with van der Waals surface area (Å²) in [7, 11) is 2.77. The fourth-order valence-corrected chi connectivity index (χ4v) is 3.12. The predicted molar refractivity (Wildman–Crippen MR) is 93.0 cm³/mol. The molecule has 0 bridgehead atoms. The third-order valence-electron chi connectivity index (χ3n) is 4.20. The molecule has 134 valence electrons. The maximum atomic E-state index is 12.4. The number of hydrogen-bond acceptors (Lipinski definition) is 5. The number of rotatable bonds is 6. The highest BCUT2D eigenvalue weighted by molar-refractivity contribution is 9.10. The molecule has 0 N–H and O–H groups in total. The molecule has 0 saturated carbocycles. The van der Waals surface area contributed by atoms with Gasteiger partial charge >= 0.3 is 5.97 Å². The molecule has 0 radical (unpaired) electrons. The molecule has 3 amide bonds. The van der Waals surface area contributed by atoms with E-state index in [2.05, 4.69) is 20.7 Å². The molecule has 1 aromatic carbocycles. The van der Waals surface area contributed by atoms with Crippen LogP contribution in [0.4, 0.5) is 0 Å². The Morgan fingerprint density at radius 1 is 1.24 bits per heavy atom. The minimum absolute atomic E-state index is 0.0370. The molecular weight excluding hydrogens is 392 g/mol. The SMILES string of the molecule is CC[C@H](C(=O)OC)N(C)C(=O)CCN1C(=O)c2ccc(Br)cc2C1=O. The first-order chi connectivity index (χ1) is 11.8. The van der Waals surface area contributed by atoms with Crippen molar-refractivity contribution in [3.05, 3.63) is 33.8 Å². The second-order valence-electron chi connectivity index (χ2n) is 5.65. The van der Waals surface area contributed by atoms with Gasteiger partial charge in [0.1, 0.15) is 6.04 Å². The number of esters is 1. The molecule has 25 heavy (non-hydrogen) atoms. The Kier molecular flexibility index (Phi) is 5.94. The molecule has 8 heteroatoms. The van der Waals surface area contributed by atoms with Gasteiger partial charge < -0.3 is 9.64 Å². The minimum Gasteiger partial charge on any atom is -0.467 e. The van der Waals surface area contributed by atoms with Crippen LogP contribution >= 0.6 is 15.9 Å². The summed E-state index contributed by atoms with van der Waals surface area (Å²) in [6, 6.07) is 4.18. The average Bonchev–Trinajstić information content (AvgIpc) is 2.83. The van der Waals surface area contributed by atoms with Gasteiger partial charge in [-0.3, -0.25) is 19.3 Å². The summed E-state index contributed by atoms with van der Waals surface area (Å²) in [5, 5.41) is 0. The van der Waals surface area contributed by atoms with Crippen LogP contribution in [0.15, 0.2) is 22.7 Å². The van der Waals surface area contributed by atoms with Crippen LogP contribution in [-0.2, 0) is 14.3 Å². The van der Waals surface area contributed by atoms with Crippen molar-refractivity contribution in [2.75, 3.05) is 20.7 Å². The fraction of sp³-hybridized carbons (Fsp3) is 0.412. The topological polar surface area (TPSA) is 84.0 Å². The summed E-state index contributed by atoms with van der Waals surface area (Å²) in [4.78, 5) is 51.1. The number of hydrogen-bond donors (Lipinski definition) is 0. The molecule has 0 aliphatic carbocycles. The van der Waals surface area contributed by atoms with E-state index in [0.29, 0.717) is 22.0 Å². The molecule has 1 aliphatic rings. The number of carbonyl (C=O) groups is 4. The van der Waals surface area contributed by atoms with Gasteiger partial charge in [-0.25, -0.2) is 4.79 Å². The van der Waals surface area contributed by atoms with E-state index >= 15 is 0 Å². The number of likely N-dealkylation sites (N-methyl/N-ethyl adjacent to an activating group) is 1. The van der Waals surface area contributed by atoms with E-state index in [1.165, 1.54) is 19.1 Å². The zero-order chi connectivity index (χ0) is 18.7. The molecule has 0 spiro atoms. The first kappa shape index (κ1) is 19.1. The summed E-state index contributed by atoms with van der Waals surface area (Å²) in [6.45, 7) is 1.73. The smallest absolute Gasteiger partial charge is 0.328 e. The predicted octanol–water partition coefficient (Wildman–Crippen LogP) is 1.85. The van der Waals surface area contributed by atoms with E-state index in [1.54, 1.807) is 25.1 Å². The number of carbonyl (C=O) groups excluding carboxylic acids is 4. The third-order valence-corrected chi connectivity index (χ3v) is 4.70. The normalized spacial score (nSPS) is 14.3. The van der Waals surface area contributed by atoms with Gasteiger partial charge in [-0.05, 0) is 24.6 Å². The quantitative estimate of drug-likeness (QED) is 0.527. The van der Waals surface area contributed by atoms with Crippen molar-refractivity contribution in [2.24, 2.45) is 0 Å². The van der Waals surface area contributed by atoms with Crippen LogP contribution in [0.5, 0.6) is 0 Å². The number of nitrogens with zero attached hydrogens (tertiary/aromatic N) is 2. The first-order valence-corrected chi connectivity index (χ1v) is 8.60. The summed E-state index contributed by atoms with van der Waals surface area (Å²) >= 11 is 3.27. The van der Waals surface area contributed by atoms with E-state index in [0.717, 1.165) is 4.90 Å². The summed E-state index contributed by atoms with van der Waals surface area (Å²) in [6.07, 6.45) is 0.354. The van der Waals surface area contributed by atoms with E-state index < -0.39 is 23.8 Å². The highest BCUT2D eigenvalue weighted by Gasteiger charge is 2.36. The van der Waals surface area contributed by atoms with Crippen molar-refractivity contribution >= 4 is 39.6 Å². The Bertz CT molecular complexity index is 734. The van der Waals surface area contributed by atoms with Crippen molar-refractivity contribution in [1.82, 2.24) is 9.80 Å². The molecule has 0 saturated heterocycles. The molecule has 1 aliphatic heterocycles. The summed E-state index contributed by atoms with van der Waals surface area (Å²) in [5.74, 6) is -1.67. The van der Waals surface area contributed by atoms with Crippen LogP contribution < -0.4 is 0 Å². The lowest BCUT2D eigenvalue weighted by Crippen LogP contribution is -2.44. The number of ether oxygens (including phenoxy) is 1. The van der Waals surface area contributed by atoms with Crippen LogP contribution in [0.1, 0.15) is 40.5 Å². The van der Waals surface area contributed by atoms with Crippen LogP contribution in [0.3, 0.4) is 0 Å². The summed E-state index contributed by atoms with van der Waals surface area (Å²) in [5.41, 5.74) is 0.649. The van der Waals surface area contributed by atoms with Gasteiger partial charge in [-0.15, -0.1) is 0 Å². The molecule has 0 aromatic heterocycles. The largest absolute Gasteiger partial charge is 0.467 e. The number of halogens is 1. The zero-order valence-electron chi connectivity index (χ0n) is 14.2. The second kappa shape index (κ2) is 7.77. The molecular formula is C17H19BrN2O5. The van der Waals surface area contributed by atoms with Gasteiger partial charge in [0.15, 0.2) is 0 Å². The van der Waals surface area contributed by atoms with Gasteiger partial charge in [-0.1, -0.05) is 22.9 Å². The van der Waals surface area contributed by atoms with Crippen molar-refractivity contribution < 1.29 is 23.9 Å². The Balaban J connectivity index is 2.04. The lowest BCUT2D eigenvalue weighted by atomic mass is 10.1. The van der Waals surface area contributed by atoms with Gasteiger partial charge in [0, 0.05) is 24.5 Å². The van der Waals surface area contributed by atoms with Crippen LogP contribution in [-0.4, -0.2) is 60.2 Å². The van der Waals surface area contributed by atoms with Crippen molar-refractivity contribution in [1.29, 1.82) is 0 Å². The lowest BCUT2D eigenvalue weighted by molar-refractivity contribution is -0.151. The molecule has 0 fully saturated rings. The van der Waals surface area contributed by atoms with Crippen molar-refractivity contribution in [3.8, 4) is 0 Å². The molecule has 1 heterocycles. The van der Waals surface area contributed by atoms with Crippen molar-refractivity contribution in [3.63, 3.8) is 0 Å². The van der Waals surface area contributed by atoms with Gasteiger partial charge in [0.05, 0.1) is 18.2 Å². The number of methoxy groups -OCH3 is 1. The Morgan fingerprint density at radius 2 is 1.88 bits per heavy atom. The van der Waals surface area contributed by atoms with Crippen LogP contribution in [0, 0.1) is 0 Å². The second-order valence-corrected chi connectivity index (χ2v) is 6.57. The fourth-order valence-electron chi connectivity index (χ4n) is 2.76. The number of benzene rings is 1. The molecule has 0 unspecified atom stereocenters. The maximum absolute atomic E-state index is 12.4. The Morgan fingerprint density at radius 3 is 2.48 bits per heavy atom. The monoisotopic (exact) mass is 410 g/mol. The number of fused-ring (bicyclic) bond motifs is 1. The minimum atomic E-state index is -0.685. The Labute approximate surface area is 154 Å².